The number of hydrogen-bond donors (Lipinski definition) is 1. The van der Waals surface area contributed by atoms with E-state index in [-0.39, 0.29) is 0 Å². The second kappa shape index (κ2) is 5.54. The quantitative estimate of drug-likeness (QED) is 0.615. The second-order valence-electron chi connectivity index (χ2n) is 4.22. The predicted molar refractivity (Wildman–Crippen MR) is 83.4 cm³/mol. The average Bonchev–Trinajstić information content (AvgIpc) is 2.34. The lowest BCUT2D eigenvalue weighted by Gasteiger charge is -2.12. The fourth-order valence-electron chi connectivity index (χ4n) is 1.81. The van der Waals surface area contributed by atoms with Crippen molar-refractivity contribution in [3.05, 3.63) is 59.2 Å². The summed E-state index contributed by atoms with van der Waals surface area (Å²) in [5.41, 5.74) is 6.30. The monoisotopic (exact) mass is 337 g/mol. The smallest absolute Gasteiger partial charge is 0.0414 e. The molecule has 0 amide bonds. The Bertz CT molecular complexity index is 520. The van der Waals surface area contributed by atoms with E-state index in [9.17, 15) is 0 Å². The molecule has 0 saturated heterocycles. The third-order valence-corrected chi connectivity index (χ3v) is 3.74. The molecular weight excluding hydrogens is 321 g/mol. The molecule has 0 radical (unpaired) electrons. The van der Waals surface area contributed by atoms with Crippen LogP contribution in [0.1, 0.15) is 16.7 Å². The molecule has 2 aromatic rings. The molecule has 0 aliphatic heterocycles. The first-order chi connectivity index (χ1) is 8.20. The second-order valence-corrected chi connectivity index (χ2v) is 4.99. The van der Waals surface area contributed by atoms with E-state index in [1.807, 2.05) is 0 Å². The predicted octanol–water partition coefficient (Wildman–Crippen LogP) is 4.98. The Balaban J connectivity index is 2.28. The number of anilines is 2. The summed E-state index contributed by atoms with van der Waals surface area (Å²) in [6.45, 7) is 4.27. The van der Waals surface area contributed by atoms with Crippen LogP contribution in [-0.4, -0.2) is 0 Å². The standard InChI is InChI=1S/C15H16IN/c1-11-5-3-4-6-14(11)17-15-8-7-13(10-16)9-12(15)2/h3-9,17H,10H2,1-2H3. The van der Waals surface area contributed by atoms with Gasteiger partial charge >= 0.3 is 0 Å². The summed E-state index contributed by atoms with van der Waals surface area (Å²) in [7, 11) is 0. The molecule has 0 unspecified atom stereocenters. The van der Waals surface area contributed by atoms with Gasteiger partial charge in [-0.25, -0.2) is 0 Å². The maximum absolute atomic E-state index is 3.49. The van der Waals surface area contributed by atoms with Gasteiger partial charge in [0.05, 0.1) is 0 Å². The lowest BCUT2D eigenvalue weighted by atomic mass is 10.1. The van der Waals surface area contributed by atoms with E-state index >= 15 is 0 Å². The fraction of sp³-hybridized carbons (Fsp3) is 0.200. The Labute approximate surface area is 116 Å². The normalized spacial score (nSPS) is 10.3. The molecule has 2 aromatic carbocycles. The number of halogens is 1. The Morgan fingerprint density at radius 2 is 1.65 bits per heavy atom. The Morgan fingerprint density at radius 3 is 2.29 bits per heavy atom. The van der Waals surface area contributed by atoms with E-state index in [1.54, 1.807) is 0 Å². The zero-order valence-electron chi connectivity index (χ0n) is 10.1. The molecule has 2 heteroatoms. The van der Waals surface area contributed by atoms with Gasteiger partial charge in [-0.3, -0.25) is 0 Å². The van der Waals surface area contributed by atoms with Crippen molar-refractivity contribution in [3.8, 4) is 0 Å². The highest BCUT2D eigenvalue weighted by Crippen LogP contribution is 2.24. The Kier molecular flexibility index (Phi) is 4.05. The topological polar surface area (TPSA) is 12.0 Å². The number of para-hydroxylation sites is 1. The molecule has 0 spiro atoms. The van der Waals surface area contributed by atoms with Gasteiger partial charge in [0, 0.05) is 15.8 Å². The number of hydrogen-bond acceptors (Lipinski definition) is 1. The van der Waals surface area contributed by atoms with Crippen molar-refractivity contribution >= 4 is 34.0 Å². The molecular formula is C15H16IN. The average molecular weight is 337 g/mol. The van der Waals surface area contributed by atoms with Crippen molar-refractivity contribution in [2.24, 2.45) is 0 Å². The highest BCUT2D eigenvalue weighted by atomic mass is 127. The molecule has 0 aliphatic carbocycles. The molecule has 88 valence electrons. The van der Waals surface area contributed by atoms with Gasteiger partial charge in [0.25, 0.3) is 0 Å². The van der Waals surface area contributed by atoms with Gasteiger partial charge in [-0.2, -0.15) is 0 Å². The molecule has 0 bridgehead atoms. The van der Waals surface area contributed by atoms with E-state index in [0.717, 1.165) is 4.43 Å². The van der Waals surface area contributed by atoms with Crippen molar-refractivity contribution in [1.82, 2.24) is 0 Å². The van der Waals surface area contributed by atoms with E-state index in [2.05, 4.69) is 84.2 Å². The van der Waals surface area contributed by atoms with Crippen molar-refractivity contribution in [2.45, 2.75) is 18.3 Å². The van der Waals surface area contributed by atoms with E-state index in [1.165, 1.54) is 28.1 Å². The molecule has 1 N–H and O–H groups in total. The summed E-state index contributed by atoms with van der Waals surface area (Å²) in [6, 6.07) is 14.9. The van der Waals surface area contributed by atoms with Gasteiger partial charge in [-0.05, 0) is 42.7 Å². The van der Waals surface area contributed by atoms with Crippen LogP contribution in [0.15, 0.2) is 42.5 Å². The minimum Gasteiger partial charge on any atom is -0.355 e. The molecule has 1 nitrogen and oxygen atoms in total. The van der Waals surface area contributed by atoms with Gasteiger partial charge in [-0.1, -0.05) is 52.9 Å². The van der Waals surface area contributed by atoms with Gasteiger partial charge < -0.3 is 5.32 Å². The van der Waals surface area contributed by atoms with Crippen LogP contribution in [0.2, 0.25) is 0 Å². The van der Waals surface area contributed by atoms with Crippen molar-refractivity contribution in [1.29, 1.82) is 0 Å². The van der Waals surface area contributed by atoms with Crippen LogP contribution in [0.3, 0.4) is 0 Å². The van der Waals surface area contributed by atoms with Crippen LogP contribution < -0.4 is 5.32 Å². The highest BCUT2D eigenvalue weighted by molar-refractivity contribution is 14.1. The van der Waals surface area contributed by atoms with Crippen molar-refractivity contribution in [2.75, 3.05) is 5.32 Å². The largest absolute Gasteiger partial charge is 0.355 e. The summed E-state index contributed by atoms with van der Waals surface area (Å²) < 4.78 is 1.06. The summed E-state index contributed by atoms with van der Waals surface area (Å²) in [5, 5.41) is 3.49. The molecule has 0 saturated carbocycles. The molecule has 0 heterocycles. The lowest BCUT2D eigenvalue weighted by Crippen LogP contribution is -1.95. The highest BCUT2D eigenvalue weighted by Gasteiger charge is 2.01. The van der Waals surface area contributed by atoms with Crippen LogP contribution in [0, 0.1) is 13.8 Å². The van der Waals surface area contributed by atoms with Crippen LogP contribution in [-0.2, 0) is 4.43 Å². The first-order valence-corrected chi connectivity index (χ1v) is 7.21. The number of nitrogens with one attached hydrogen (secondary N) is 1. The van der Waals surface area contributed by atoms with Crippen LogP contribution in [0.25, 0.3) is 0 Å². The molecule has 0 atom stereocenters. The van der Waals surface area contributed by atoms with Gasteiger partial charge in [0.1, 0.15) is 0 Å². The lowest BCUT2D eigenvalue weighted by molar-refractivity contribution is 1.35. The molecule has 0 fully saturated rings. The Hall–Kier alpha value is -1.03. The molecule has 0 aromatic heterocycles. The van der Waals surface area contributed by atoms with Gasteiger partial charge in [0.15, 0.2) is 0 Å². The van der Waals surface area contributed by atoms with E-state index < -0.39 is 0 Å². The summed E-state index contributed by atoms with van der Waals surface area (Å²) in [6.07, 6.45) is 0. The number of rotatable bonds is 3. The number of aryl methyl sites for hydroxylation is 2. The van der Waals surface area contributed by atoms with Crippen molar-refractivity contribution in [3.63, 3.8) is 0 Å². The van der Waals surface area contributed by atoms with E-state index in [4.69, 9.17) is 0 Å². The Morgan fingerprint density at radius 1 is 0.941 bits per heavy atom. The fourth-order valence-corrected chi connectivity index (χ4v) is 2.28. The van der Waals surface area contributed by atoms with Gasteiger partial charge in [0.2, 0.25) is 0 Å². The summed E-state index contributed by atoms with van der Waals surface area (Å²) >= 11 is 2.39. The van der Waals surface area contributed by atoms with Gasteiger partial charge in [-0.15, -0.1) is 0 Å². The zero-order chi connectivity index (χ0) is 12.3. The maximum atomic E-state index is 3.49. The summed E-state index contributed by atoms with van der Waals surface area (Å²) in [5.74, 6) is 0. The van der Waals surface area contributed by atoms with Crippen LogP contribution >= 0.6 is 22.6 Å². The van der Waals surface area contributed by atoms with Crippen LogP contribution in [0.5, 0.6) is 0 Å². The zero-order valence-corrected chi connectivity index (χ0v) is 12.3. The first-order valence-electron chi connectivity index (χ1n) is 5.69. The molecule has 17 heavy (non-hydrogen) atoms. The van der Waals surface area contributed by atoms with Crippen molar-refractivity contribution < 1.29 is 0 Å². The maximum Gasteiger partial charge on any atom is 0.0414 e. The SMILES string of the molecule is Cc1ccccc1Nc1ccc(CI)cc1C. The molecule has 2 rings (SSSR count). The summed E-state index contributed by atoms with van der Waals surface area (Å²) in [4.78, 5) is 0. The first kappa shape index (κ1) is 12.4. The van der Waals surface area contributed by atoms with Crippen LogP contribution in [0.4, 0.5) is 11.4 Å². The third-order valence-electron chi connectivity index (χ3n) is 2.86. The minimum absolute atomic E-state index is 1.06. The van der Waals surface area contributed by atoms with E-state index in [0.29, 0.717) is 0 Å². The minimum atomic E-state index is 1.06. The molecule has 0 aliphatic rings. The third kappa shape index (κ3) is 3.00. The number of benzene rings is 2. The number of alkyl halides is 1.